The summed E-state index contributed by atoms with van der Waals surface area (Å²) in [5.41, 5.74) is 2.60. The smallest absolute Gasteiger partial charge is 0.341 e. The van der Waals surface area contributed by atoms with Crippen molar-refractivity contribution in [2.75, 3.05) is 19.0 Å². The summed E-state index contributed by atoms with van der Waals surface area (Å²) in [6.07, 6.45) is 1.48. The SMILES string of the molecule is CCOC(=O)c1cnc2nc(OC)ccc2c1NCc1ccc(Br)cc1. The first-order valence-electron chi connectivity index (χ1n) is 8.11. The van der Waals surface area contributed by atoms with Crippen LogP contribution in [0.2, 0.25) is 0 Å². The van der Waals surface area contributed by atoms with Gasteiger partial charge >= 0.3 is 5.97 Å². The number of rotatable bonds is 6. The van der Waals surface area contributed by atoms with E-state index in [0.717, 1.165) is 15.4 Å². The van der Waals surface area contributed by atoms with Gasteiger partial charge in [0.15, 0.2) is 5.65 Å². The number of ether oxygens (including phenoxy) is 2. The number of carbonyl (C=O) groups is 1. The molecule has 0 saturated heterocycles. The number of hydrogen-bond acceptors (Lipinski definition) is 6. The third kappa shape index (κ3) is 3.94. The molecule has 0 atom stereocenters. The number of fused-ring (bicyclic) bond motifs is 1. The number of nitrogens with zero attached hydrogens (tertiary/aromatic N) is 2. The molecule has 134 valence electrons. The summed E-state index contributed by atoms with van der Waals surface area (Å²) in [5.74, 6) is 0.0452. The molecule has 3 rings (SSSR count). The van der Waals surface area contributed by atoms with Crippen molar-refractivity contribution in [3.8, 4) is 5.88 Å². The van der Waals surface area contributed by atoms with Gasteiger partial charge in [0.1, 0.15) is 5.56 Å². The van der Waals surface area contributed by atoms with Crippen molar-refractivity contribution in [2.24, 2.45) is 0 Å². The number of methoxy groups -OCH3 is 1. The van der Waals surface area contributed by atoms with Crippen molar-refractivity contribution < 1.29 is 14.3 Å². The molecule has 0 unspecified atom stereocenters. The van der Waals surface area contributed by atoms with Crippen LogP contribution in [0.1, 0.15) is 22.8 Å². The molecule has 6 nitrogen and oxygen atoms in total. The molecule has 3 aromatic rings. The van der Waals surface area contributed by atoms with E-state index in [1.807, 2.05) is 30.3 Å². The molecule has 2 aromatic heterocycles. The second-order valence-electron chi connectivity index (χ2n) is 5.47. The van der Waals surface area contributed by atoms with Crippen LogP contribution in [0.25, 0.3) is 11.0 Å². The van der Waals surface area contributed by atoms with E-state index in [9.17, 15) is 4.79 Å². The molecule has 26 heavy (non-hydrogen) atoms. The number of esters is 1. The van der Waals surface area contributed by atoms with E-state index in [4.69, 9.17) is 9.47 Å². The summed E-state index contributed by atoms with van der Waals surface area (Å²) in [6.45, 7) is 2.61. The van der Waals surface area contributed by atoms with Crippen molar-refractivity contribution in [1.82, 2.24) is 9.97 Å². The fraction of sp³-hybridized carbons (Fsp3) is 0.211. The van der Waals surface area contributed by atoms with Crippen LogP contribution in [0.5, 0.6) is 5.88 Å². The third-order valence-electron chi connectivity index (χ3n) is 3.79. The van der Waals surface area contributed by atoms with Crippen molar-refractivity contribution in [1.29, 1.82) is 0 Å². The second kappa shape index (κ2) is 8.14. The van der Waals surface area contributed by atoms with Crippen molar-refractivity contribution in [3.05, 3.63) is 58.2 Å². The van der Waals surface area contributed by atoms with Gasteiger partial charge in [-0.05, 0) is 30.7 Å². The topological polar surface area (TPSA) is 73.3 Å². The van der Waals surface area contributed by atoms with E-state index in [1.54, 1.807) is 20.1 Å². The van der Waals surface area contributed by atoms with Crippen LogP contribution in [0.3, 0.4) is 0 Å². The highest BCUT2D eigenvalue weighted by Gasteiger charge is 2.17. The van der Waals surface area contributed by atoms with Crippen LogP contribution in [-0.2, 0) is 11.3 Å². The Morgan fingerprint density at radius 3 is 2.65 bits per heavy atom. The number of aromatic nitrogens is 2. The molecular weight excluding hydrogens is 398 g/mol. The van der Waals surface area contributed by atoms with Crippen LogP contribution in [0, 0.1) is 0 Å². The molecule has 0 aliphatic rings. The molecule has 1 N–H and O–H groups in total. The highest BCUT2D eigenvalue weighted by molar-refractivity contribution is 9.10. The van der Waals surface area contributed by atoms with Crippen LogP contribution < -0.4 is 10.1 Å². The minimum atomic E-state index is -0.420. The molecule has 0 saturated carbocycles. The summed E-state index contributed by atoms with van der Waals surface area (Å²) in [4.78, 5) is 21.0. The maximum atomic E-state index is 12.3. The number of halogens is 1. The Labute approximate surface area is 159 Å². The first-order chi connectivity index (χ1) is 12.6. The second-order valence-corrected chi connectivity index (χ2v) is 6.39. The lowest BCUT2D eigenvalue weighted by atomic mass is 10.1. The molecule has 0 spiro atoms. The van der Waals surface area contributed by atoms with Gasteiger partial charge in [0.25, 0.3) is 0 Å². The molecule has 0 aliphatic carbocycles. The predicted octanol–water partition coefficient (Wildman–Crippen LogP) is 4.19. The summed E-state index contributed by atoms with van der Waals surface area (Å²) in [6, 6.07) is 11.5. The molecule has 1 aromatic carbocycles. The maximum absolute atomic E-state index is 12.3. The van der Waals surface area contributed by atoms with Crippen LogP contribution in [0.15, 0.2) is 47.1 Å². The lowest BCUT2D eigenvalue weighted by molar-refractivity contribution is 0.0527. The Morgan fingerprint density at radius 1 is 1.19 bits per heavy atom. The highest BCUT2D eigenvalue weighted by Crippen LogP contribution is 2.28. The number of benzene rings is 1. The number of nitrogens with one attached hydrogen (secondary N) is 1. The van der Waals surface area contributed by atoms with Crippen LogP contribution in [0.4, 0.5) is 5.69 Å². The molecule has 0 bridgehead atoms. The van der Waals surface area contributed by atoms with E-state index in [1.165, 1.54) is 6.20 Å². The quantitative estimate of drug-likeness (QED) is 0.608. The molecular formula is C19H18BrN3O3. The van der Waals surface area contributed by atoms with Gasteiger partial charge in [-0.1, -0.05) is 28.1 Å². The van der Waals surface area contributed by atoms with Crippen LogP contribution in [-0.4, -0.2) is 29.7 Å². The van der Waals surface area contributed by atoms with Gasteiger partial charge in [0.2, 0.25) is 5.88 Å². The standard InChI is InChI=1S/C19H18BrN3O3/c1-3-26-19(24)15-11-22-18-14(8-9-16(23-18)25-2)17(15)21-10-12-4-6-13(20)7-5-12/h4-9,11H,3,10H2,1-2H3,(H,21,22,23). The average Bonchev–Trinajstić information content (AvgIpc) is 2.66. The fourth-order valence-corrected chi connectivity index (χ4v) is 2.78. The zero-order valence-corrected chi connectivity index (χ0v) is 16.0. The number of anilines is 1. The average molecular weight is 416 g/mol. The minimum absolute atomic E-state index is 0.296. The maximum Gasteiger partial charge on any atom is 0.341 e. The Morgan fingerprint density at radius 2 is 1.96 bits per heavy atom. The Kier molecular flexibility index (Phi) is 5.68. The molecule has 7 heteroatoms. The lowest BCUT2D eigenvalue weighted by Crippen LogP contribution is -2.11. The van der Waals surface area contributed by atoms with Crippen molar-refractivity contribution in [3.63, 3.8) is 0 Å². The molecule has 0 aliphatic heterocycles. The summed E-state index contributed by atoms with van der Waals surface area (Å²) in [7, 11) is 1.55. The third-order valence-corrected chi connectivity index (χ3v) is 4.32. The highest BCUT2D eigenvalue weighted by atomic mass is 79.9. The number of hydrogen-bond donors (Lipinski definition) is 1. The number of carbonyl (C=O) groups excluding carboxylic acids is 1. The zero-order chi connectivity index (χ0) is 18.5. The monoisotopic (exact) mass is 415 g/mol. The molecule has 0 fully saturated rings. The largest absolute Gasteiger partial charge is 0.481 e. The number of pyridine rings is 2. The van der Waals surface area contributed by atoms with Gasteiger partial charge < -0.3 is 14.8 Å². The van der Waals surface area contributed by atoms with Crippen LogP contribution >= 0.6 is 15.9 Å². The van der Waals surface area contributed by atoms with Crippen molar-refractivity contribution in [2.45, 2.75) is 13.5 Å². The normalized spacial score (nSPS) is 10.6. The van der Waals surface area contributed by atoms with Gasteiger partial charge in [0.05, 0.1) is 19.4 Å². The van der Waals surface area contributed by atoms with Gasteiger partial charge in [0, 0.05) is 28.7 Å². The zero-order valence-electron chi connectivity index (χ0n) is 14.5. The van der Waals surface area contributed by atoms with E-state index < -0.39 is 5.97 Å². The summed E-state index contributed by atoms with van der Waals surface area (Å²) in [5, 5.41) is 4.06. The molecule has 0 radical (unpaired) electrons. The van der Waals surface area contributed by atoms with E-state index in [-0.39, 0.29) is 0 Å². The van der Waals surface area contributed by atoms with E-state index in [0.29, 0.717) is 35.9 Å². The van der Waals surface area contributed by atoms with Gasteiger partial charge in [-0.15, -0.1) is 0 Å². The Balaban J connectivity index is 2.01. The molecule has 2 heterocycles. The lowest BCUT2D eigenvalue weighted by Gasteiger charge is -2.14. The first-order valence-corrected chi connectivity index (χ1v) is 8.91. The van der Waals surface area contributed by atoms with E-state index >= 15 is 0 Å². The van der Waals surface area contributed by atoms with E-state index in [2.05, 4.69) is 31.2 Å². The minimum Gasteiger partial charge on any atom is -0.481 e. The van der Waals surface area contributed by atoms with Gasteiger partial charge in [-0.25, -0.2) is 9.78 Å². The van der Waals surface area contributed by atoms with Gasteiger partial charge in [-0.3, -0.25) is 0 Å². The first kappa shape index (κ1) is 18.1. The summed E-state index contributed by atoms with van der Waals surface area (Å²) < 4.78 is 11.3. The Bertz CT molecular complexity index is 929. The van der Waals surface area contributed by atoms with Gasteiger partial charge in [-0.2, -0.15) is 4.98 Å². The molecule has 0 amide bonds. The summed E-state index contributed by atoms with van der Waals surface area (Å²) >= 11 is 3.43. The predicted molar refractivity (Wildman–Crippen MR) is 104 cm³/mol. The van der Waals surface area contributed by atoms with Crippen molar-refractivity contribution >= 4 is 38.6 Å². The fourth-order valence-electron chi connectivity index (χ4n) is 2.52. The Hall–Kier alpha value is -2.67.